The van der Waals surface area contributed by atoms with Gasteiger partial charge >= 0.3 is 0 Å². The Morgan fingerprint density at radius 1 is 0.304 bits per heavy atom. The lowest BCUT2D eigenvalue weighted by atomic mass is 9.70. The maximum Gasteiger partial charge on any atom is 0.135 e. The van der Waals surface area contributed by atoms with Crippen molar-refractivity contribution in [2.45, 2.75) is 5.41 Å². The first kappa shape index (κ1) is 30.1. The van der Waals surface area contributed by atoms with Gasteiger partial charge < -0.3 is 4.74 Å². The van der Waals surface area contributed by atoms with Crippen molar-refractivity contribution in [1.29, 1.82) is 0 Å². The molecule has 0 radical (unpaired) electrons. The van der Waals surface area contributed by atoms with Crippen molar-refractivity contribution < 1.29 is 4.74 Å². The van der Waals surface area contributed by atoms with E-state index in [1.165, 1.54) is 105 Å². The molecular weight excluding hydrogens is 677 g/mol. The highest BCUT2D eigenvalue weighted by Gasteiger charge is 2.52. The molecule has 0 saturated carbocycles. The number of fused-ring (bicyclic) bond motifs is 15. The van der Waals surface area contributed by atoms with Crippen LogP contribution in [0.25, 0.3) is 88.0 Å². The van der Waals surface area contributed by atoms with Crippen molar-refractivity contribution in [3.05, 3.63) is 216 Å². The quantitative estimate of drug-likeness (QED) is 0.174. The summed E-state index contributed by atoms with van der Waals surface area (Å²) in [6.07, 6.45) is 0. The van der Waals surface area contributed by atoms with Gasteiger partial charge in [0.1, 0.15) is 11.5 Å². The van der Waals surface area contributed by atoms with Gasteiger partial charge in [-0.1, -0.05) is 176 Å². The zero-order valence-corrected chi connectivity index (χ0v) is 30.4. The maximum absolute atomic E-state index is 6.52. The van der Waals surface area contributed by atoms with Crippen molar-refractivity contribution >= 4 is 32.3 Å². The fourth-order valence-electron chi connectivity index (χ4n) is 10.7. The number of benzene rings is 10. The minimum Gasteiger partial charge on any atom is -0.456 e. The van der Waals surface area contributed by atoms with E-state index >= 15 is 0 Å². The molecule has 1 nitrogen and oxygen atoms in total. The normalized spacial score (nSPS) is 13.6. The first-order valence-electron chi connectivity index (χ1n) is 19.5. The van der Waals surface area contributed by atoms with Crippen molar-refractivity contribution in [1.82, 2.24) is 0 Å². The zero-order valence-electron chi connectivity index (χ0n) is 30.4. The van der Waals surface area contributed by atoms with Gasteiger partial charge in [0.05, 0.1) is 5.41 Å². The smallest absolute Gasteiger partial charge is 0.135 e. The van der Waals surface area contributed by atoms with Crippen molar-refractivity contribution in [3.8, 4) is 67.1 Å². The average molecular weight is 709 g/mol. The van der Waals surface area contributed by atoms with E-state index in [4.69, 9.17) is 4.74 Å². The molecule has 1 spiro atoms. The second-order valence-corrected chi connectivity index (χ2v) is 15.5. The van der Waals surface area contributed by atoms with Crippen LogP contribution in [0.2, 0.25) is 0 Å². The molecule has 1 heterocycles. The van der Waals surface area contributed by atoms with Gasteiger partial charge in [-0.25, -0.2) is 0 Å². The third-order valence-corrected chi connectivity index (χ3v) is 12.9. The first-order valence-corrected chi connectivity index (χ1v) is 19.5. The molecule has 1 heteroatoms. The second-order valence-electron chi connectivity index (χ2n) is 15.5. The van der Waals surface area contributed by atoms with Crippen LogP contribution < -0.4 is 4.74 Å². The Bertz CT molecular complexity index is 3300. The van der Waals surface area contributed by atoms with Gasteiger partial charge in [-0.05, 0) is 117 Å². The lowest BCUT2D eigenvalue weighted by molar-refractivity contribution is 0.487. The summed E-state index contributed by atoms with van der Waals surface area (Å²) in [5, 5.41) is 7.48. The third kappa shape index (κ3) is 3.75. The Morgan fingerprint density at radius 3 is 1.75 bits per heavy atom. The average Bonchev–Trinajstić information content (AvgIpc) is 3.73. The molecule has 3 aliphatic rings. The predicted molar refractivity (Wildman–Crippen MR) is 232 cm³/mol. The highest BCUT2D eigenvalue weighted by molar-refractivity contribution is 6.14. The zero-order chi connectivity index (χ0) is 36.5. The van der Waals surface area contributed by atoms with E-state index in [-0.39, 0.29) is 0 Å². The molecule has 0 unspecified atom stereocenters. The van der Waals surface area contributed by atoms with E-state index in [0.29, 0.717) is 0 Å². The second kappa shape index (κ2) is 10.9. The van der Waals surface area contributed by atoms with E-state index in [0.717, 1.165) is 17.1 Å². The molecule has 0 amide bonds. The number of ether oxygens (including phenoxy) is 1. The van der Waals surface area contributed by atoms with Crippen molar-refractivity contribution in [3.63, 3.8) is 0 Å². The summed E-state index contributed by atoms with van der Waals surface area (Å²) < 4.78 is 6.52. The summed E-state index contributed by atoms with van der Waals surface area (Å²) in [6.45, 7) is 0. The van der Waals surface area contributed by atoms with E-state index in [2.05, 4.69) is 188 Å². The fraction of sp³-hybridized carbons (Fsp3) is 0.0182. The highest BCUT2D eigenvalue weighted by Crippen LogP contribution is 2.64. The maximum atomic E-state index is 6.52. The van der Waals surface area contributed by atoms with Crippen molar-refractivity contribution in [2.75, 3.05) is 0 Å². The van der Waals surface area contributed by atoms with Crippen LogP contribution >= 0.6 is 0 Å². The van der Waals surface area contributed by atoms with E-state index in [9.17, 15) is 0 Å². The Hall–Kier alpha value is -7.22. The number of hydrogen-bond donors (Lipinski definition) is 0. The lowest BCUT2D eigenvalue weighted by Crippen LogP contribution is -2.25. The van der Waals surface area contributed by atoms with Crippen LogP contribution in [0, 0.1) is 0 Å². The van der Waals surface area contributed by atoms with Crippen molar-refractivity contribution in [2.24, 2.45) is 0 Å². The minimum absolute atomic E-state index is 0.466. The van der Waals surface area contributed by atoms with Gasteiger partial charge in [-0.2, -0.15) is 0 Å². The van der Waals surface area contributed by atoms with E-state index < -0.39 is 5.41 Å². The summed E-state index contributed by atoms with van der Waals surface area (Å²) in [4.78, 5) is 0. The van der Waals surface area contributed by atoms with Crippen LogP contribution in [-0.2, 0) is 5.41 Å². The summed E-state index contributed by atoms with van der Waals surface area (Å²) in [7, 11) is 0. The summed E-state index contributed by atoms with van der Waals surface area (Å²) in [5.41, 5.74) is 17.5. The fourth-order valence-corrected chi connectivity index (χ4v) is 10.7. The topological polar surface area (TPSA) is 9.23 Å². The highest BCUT2D eigenvalue weighted by atomic mass is 16.5. The van der Waals surface area contributed by atoms with Gasteiger partial charge in [0, 0.05) is 10.9 Å². The van der Waals surface area contributed by atoms with Crippen LogP contribution in [0.15, 0.2) is 194 Å². The van der Waals surface area contributed by atoms with Gasteiger partial charge in [-0.3, -0.25) is 0 Å². The van der Waals surface area contributed by atoms with Crippen LogP contribution in [0.4, 0.5) is 0 Å². The molecule has 10 aromatic rings. The SMILES string of the molecule is c1ccc2c(c1)Oc1ccc(-c3ccc4c(c3)C3(c5ccccc5-c5ccccc53)c3ccc5c(-c6cccc7ccccc67)cccc5c3-4)c3cccc-2c13. The standard InChI is InChI=1S/C55H32O/c1-2-14-35-33(12-1)13-9-18-37(35)38-19-10-21-44-39(38)28-30-49-53(44)46-27-26-34(32-50(46)55(49)47-23-6-3-15-40(47)41-16-4-7-24-48(41)55)36-29-31-52-54-43(36)20-11-22-45(54)42-17-5-8-25-51(42)56-52/h1-32H. The molecule has 0 saturated heterocycles. The molecule has 13 rings (SSSR count). The lowest BCUT2D eigenvalue weighted by Gasteiger charge is -2.31. The van der Waals surface area contributed by atoms with E-state index in [1.807, 2.05) is 6.07 Å². The van der Waals surface area contributed by atoms with Gasteiger partial charge in [0.25, 0.3) is 0 Å². The van der Waals surface area contributed by atoms with Crippen LogP contribution in [0.3, 0.4) is 0 Å². The largest absolute Gasteiger partial charge is 0.456 e. The number of hydrogen-bond acceptors (Lipinski definition) is 1. The minimum atomic E-state index is -0.466. The molecular formula is C55H32O. The Balaban J connectivity index is 1.11. The molecule has 0 N–H and O–H groups in total. The molecule has 0 aromatic heterocycles. The Kier molecular flexibility index (Phi) is 5.89. The monoisotopic (exact) mass is 708 g/mol. The molecule has 10 aromatic carbocycles. The molecule has 0 bridgehead atoms. The molecule has 258 valence electrons. The molecule has 1 aliphatic heterocycles. The van der Waals surface area contributed by atoms with Gasteiger partial charge in [0.2, 0.25) is 0 Å². The van der Waals surface area contributed by atoms with E-state index in [1.54, 1.807) is 0 Å². The Morgan fingerprint density at radius 2 is 0.911 bits per heavy atom. The summed E-state index contributed by atoms with van der Waals surface area (Å²) >= 11 is 0. The van der Waals surface area contributed by atoms with Gasteiger partial charge in [-0.15, -0.1) is 0 Å². The van der Waals surface area contributed by atoms with Crippen LogP contribution in [0.1, 0.15) is 22.3 Å². The first-order chi connectivity index (χ1) is 27.8. The number of para-hydroxylation sites is 1. The van der Waals surface area contributed by atoms with Crippen LogP contribution in [-0.4, -0.2) is 0 Å². The predicted octanol–water partition coefficient (Wildman–Crippen LogP) is 14.6. The van der Waals surface area contributed by atoms with Crippen LogP contribution in [0.5, 0.6) is 11.5 Å². The molecule has 2 aliphatic carbocycles. The molecule has 0 fully saturated rings. The summed E-state index contributed by atoms with van der Waals surface area (Å²) in [5.74, 6) is 1.82. The third-order valence-electron chi connectivity index (χ3n) is 12.9. The molecule has 0 atom stereocenters. The summed E-state index contributed by atoms with van der Waals surface area (Å²) in [6, 6.07) is 72.1. The molecule has 56 heavy (non-hydrogen) atoms. The van der Waals surface area contributed by atoms with Gasteiger partial charge in [0.15, 0.2) is 0 Å². The number of rotatable bonds is 2. The Labute approximate surface area is 324 Å².